The van der Waals surface area contributed by atoms with Crippen molar-refractivity contribution in [3.8, 4) is 11.5 Å². The number of hydrogen-bond donors (Lipinski definition) is 0. The van der Waals surface area contributed by atoms with E-state index in [0.29, 0.717) is 18.3 Å². The van der Waals surface area contributed by atoms with Gasteiger partial charge in [-0.2, -0.15) is 0 Å². The minimum absolute atomic E-state index is 0.281. The second kappa shape index (κ2) is 5.46. The topological polar surface area (TPSA) is 51.4 Å². The number of ether oxygens (including phenoxy) is 1. The third-order valence-electron chi connectivity index (χ3n) is 3.02. The van der Waals surface area contributed by atoms with Crippen LogP contribution >= 0.6 is 0 Å². The molecule has 19 heavy (non-hydrogen) atoms. The van der Waals surface area contributed by atoms with Crippen molar-refractivity contribution in [1.82, 2.24) is 15.1 Å². The van der Waals surface area contributed by atoms with Crippen LogP contribution in [-0.2, 0) is 11.3 Å². The van der Waals surface area contributed by atoms with Crippen LogP contribution in [0.1, 0.15) is 5.89 Å². The summed E-state index contributed by atoms with van der Waals surface area (Å²) in [6, 6.07) is 6.01. The molecule has 2 heterocycles. The van der Waals surface area contributed by atoms with E-state index in [1.165, 1.54) is 12.1 Å². The third kappa shape index (κ3) is 2.97. The first-order valence-corrected chi connectivity index (χ1v) is 6.20. The average Bonchev–Trinajstić information content (AvgIpc) is 2.89. The van der Waals surface area contributed by atoms with Gasteiger partial charge in [-0.3, -0.25) is 4.90 Å². The molecule has 0 N–H and O–H groups in total. The SMILES string of the molecule is Fc1ccc(-c2nnc(CN3CCOCC3)o2)cc1. The average molecular weight is 263 g/mol. The molecule has 1 fully saturated rings. The molecular formula is C13H14FN3O2. The number of nitrogens with zero attached hydrogens (tertiary/aromatic N) is 3. The number of benzene rings is 1. The van der Waals surface area contributed by atoms with Crippen LogP contribution in [0.2, 0.25) is 0 Å². The van der Waals surface area contributed by atoms with Crippen molar-refractivity contribution in [2.75, 3.05) is 26.3 Å². The summed E-state index contributed by atoms with van der Waals surface area (Å²) < 4.78 is 23.7. The maximum atomic E-state index is 12.8. The number of morpholine rings is 1. The molecule has 3 rings (SSSR count). The second-order valence-electron chi connectivity index (χ2n) is 4.40. The fourth-order valence-corrected chi connectivity index (χ4v) is 1.98. The van der Waals surface area contributed by atoms with E-state index in [9.17, 15) is 4.39 Å². The molecule has 6 heteroatoms. The molecular weight excluding hydrogens is 249 g/mol. The molecule has 0 aliphatic carbocycles. The van der Waals surface area contributed by atoms with Gasteiger partial charge in [0, 0.05) is 18.7 Å². The summed E-state index contributed by atoms with van der Waals surface area (Å²) >= 11 is 0. The maximum absolute atomic E-state index is 12.8. The van der Waals surface area contributed by atoms with Crippen molar-refractivity contribution in [3.05, 3.63) is 36.0 Å². The smallest absolute Gasteiger partial charge is 0.247 e. The zero-order chi connectivity index (χ0) is 13.1. The Hall–Kier alpha value is -1.79. The molecule has 1 aliphatic heterocycles. The lowest BCUT2D eigenvalue weighted by Crippen LogP contribution is -2.35. The monoisotopic (exact) mass is 263 g/mol. The lowest BCUT2D eigenvalue weighted by molar-refractivity contribution is 0.0306. The summed E-state index contributed by atoms with van der Waals surface area (Å²) in [6.45, 7) is 3.83. The lowest BCUT2D eigenvalue weighted by atomic mass is 10.2. The van der Waals surface area contributed by atoms with Gasteiger partial charge in [-0.15, -0.1) is 10.2 Å². The van der Waals surface area contributed by atoms with E-state index in [2.05, 4.69) is 15.1 Å². The van der Waals surface area contributed by atoms with E-state index < -0.39 is 0 Å². The first kappa shape index (κ1) is 12.3. The van der Waals surface area contributed by atoms with Crippen molar-refractivity contribution >= 4 is 0 Å². The lowest BCUT2D eigenvalue weighted by Gasteiger charge is -2.24. The molecule has 5 nitrogen and oxygen atoms in total. The molecule has 1 aromatic carbocycles. The Balaban J connectivity index is 1.70. The van der Waals surface area contributed by atoms with Crippen molar-refractivity contribution < 1.29 is 13.5 Å². The van der Waals surface area contributed by atoms with Gasteiger partial charge in [0.25, 0.3) is 0 Å². The summed E-state index contributed by atoms with van der Waals surface area (Å²) in [5.41, 5.74) is 0.724. The first-order chi connectivity index (χ1) is 9.31. The van der Waals surface area contributed by atoms with Crippen molar-refractivity contribution in [2.45, 2.75) is 6.54 Å². The minimum atomic E-state index is -0.281. The van der Waals surface area contributed by atoms with Crippen LogP contribution in [0, 0.1) is 5.82 Å². The fourth-order valence-electron chi connectivity index (χ4n) is 1.98. The molecule has 1 aliphatic rings. The quantitative estimate of drug-likeness (QED) is 0.843. The third-order valence-corrected chi connectivity index (χ3v) is 3.02. The van der Waals surface area contributed by atoms with E-state index in [1.54, 1.807) is 12.1 Å². The van der Waals surface area contributed by atoms with Crippen LogP contribution in [0.4, 0.5) is 4.39 Å². The first-order valence-electron chi connectivity index (χ1n) is 6.20. The molecule has 0 amide bonds. The molecule has 0 spiro atoms. The van der Waals surface area contributed by atoms with E-state index in [4.69, 9.17) is 9.15 Å². The predicted octanol–water partition coefficient (Wildman–Crippen LogP) is 1.71. The Labute approximate surface area is 110 Å². The van der Waals surface area contributed by atoms with Crippen LogP contribution in [0.15, 0.2) is 28.7 Å². The van der Waals surface area contributed by atoms with Gasteiger partial charge in [0.15, 0.2) is 0 Å². The van der Waals surface area contributed by atoms with Gasteiger partial charge in [-0.25, -0.2) is 4.39 Å². The Bertz CT molecular complexity index is 535. The Morgan fingerprint density at radius 3 is 2.58 bits per heavy atom. The summed E-state index contributed by atoms with van der Waals surface area (Å²) in [7, 11) is 0. The van der Waals surface area contributed by atoms with Crippen LogP contribution in [0.25, 0.3) is 11.5 Å². The Morgan fingerprint density at radius 1 is 1.11 bits per heavy atom. The molecule has 100 valence electrons. The van der Waals surface area contributed by atoms with Gasteiger partial charge in [-0.05, 0) is 24.3 Å². The maximum Gasteiger partial charge on any atom is 0.247 e. The highest BCUT2D eigenvalue weighted by atomic mass is 19.1. The van der Waals surface area contributed by atoms with E-state index in [-0.39, 0.29) is 5.82 Å². The number of rotatable bonds is 3. The van der Waals surface area contributed by atoms with Crippen LogP contribution < -0.4 is 0 Å². The molecule has 0 radical (unpaired) electrons. The zero-order valence-electron chi connectivity index (χ0n) is 10.4. The van der Waals surface area contributed by atoms with E-state index in [1.807, 2.05) is 0 Å². The standard InChI is InChI=1S/C13H14FN3O2/c14-11-3-1-10(2-4-11)13-16-15-12(19-13)9-17-5-7-18-8-6-17/h1-4H,5-9H2. The highest BCUT2D eigenvalue weighted by molar-refractivity contribution is 5.51. The van der Waals surface area contributed by atoms with Crippen molar-refractivity contribution in [2.24, 2.45) is 0 Å². The molecule has 2 aromatic rings. The second-order valence-corrected chi connectivity index (χ2v) is 4.40. The van der Waals surface area contributed by atoms with Gasteiger partial charge < -0.3 is 9.15 Å². The summed E-state index contributed by atoms with van der Waals surface area (Å²) in [6.07, 6.45) is 0. The van der Waals surface area contributed by atoms with Crippen LogP contribution in [0.5, 0.6) is 0 Å². The van der Waals surface area contributed by atoms with Gasteiger partial charge in [0.2, 0.25) is 11.8 Å². The van der Waals surface area contributed by atoms with E-state index in [0.717, 1.165) is 31.9 Å². The molecule has 0 saturated carbocycles. The van der Waals surface area contributed by atoms with Crippen molar-refractivity contribution in [3.63, 3.8) is 0 Å². The number of aromatic nitrogens is 2. The van der Waals surface area contributed by atoms with Gasteiger partial charge in [0.05, 0.1) is 19.8 Å². The number of hydrogen-bond acceptors (Lipinski definition) is 5. The summed E-state index contributed by atoms with van der Waals surface area (Å²) in [5.74, 6) is 0.710. The Morgan fingerprint density at radius 2 is 1.84 bits per heavy atom. The van der Waals surface area contributed by atoms with Crippen LogP contribution in [-0.4, -0.2) is 41.4 Å². The molecule has 0 unspecified atom stereocenters. The highest BCUT2D eigenvalue weighted by Gasteiger charge is 2.15. The molecule has 1 aromatic heterocycles. The number of halogens is 1. The largest absolute Gasteiger partial charge is 0.419 e. The normalized spacial score (nSPS) is 16.7. The molecule has 0 bridgehead atoms. The van der Waals surface area contributed by atoms with Crippen LogP contribution in [0.3, 0.4) is 0 Å². The minimum Gasteiger partial charge on any atom is -0.419 e. The predicted molar refractivity (Wildman–Crippen MR) is 65.8 cm³/mol. The van der Waals surface area contributed by atoms with Crippen molar-refractivity contribution in [1.29, 1.82) is 0 Å². The molecule has 0 atom stereocenters. The summed E-state index contributed by atoms with van der Waals surface area (Å²) in [4.78, 5) is 2.20. The zero-order valence-corrected chi connectivity index (χ0v) is 10.4. The summed E-state index contributed by atoms with van der Waals surface area (Å²) in [5, 5.41) is 8.00. The van der Waals surface area contributed by atoms with Gasteiger partial charge in [0.1, 0.15) is 5.82 Å². The highest BCUT2D eigenvalue weighted by Crippen LogP contribution is 2.18. The van der Waals surface area contributed by atoms with E-state index >= 15 is 0 Å². The van der Waals surface area contributed by atoms with Gasteiger partial charge in [-0.1, -0.05) is 0 Å². The fraction of sp³-hybridized carbons (Fsp3) is 0.385. The van der Waals surface area contributed by atoms with Gasteiger partial charge >= 0.3 is 0 Å². The Kier molecular flexibility index (Phi) is 3.52. The molecule has 1 saturated heterocycles.